The van der Waals surface area contributed by atoms with E-state index in [9.17, 15) is 9.59 Å². The van der Waals surface area contributed by atoms with Gasteiger partial charge in [-0.05, 0) is 12.0 Å². The lowest BCUT2D eigenvalue weighted by atomic mass is 10.0. The quantitative estimate of drug-likeness (QED) is 0.792. The highest BCUT2D eigenvalue weighted by molar-refractivity contribution is 6.27. The van der Waals surface area contributed by atoms with E-state index in [1.807, 2.05) is 30.3 Å². The van der Waals surface area contributed by atoms with Crippen LogP contribution in [-0.4, -0.2) is 17.6 Å². The summed E-state index contributed by atoms with van der Waals surface area (Å²) in [6.45, 7) is 1.47. The van der Waals surface area contributed by atoms with Crippen LogP contribution in [0.25, 0.3) is 0 Å². The Balaban J connectivity index is 2.67. The van der Waals surface area contributed by atoms with Crippen LogP contribution < -0.4 is 5.32 Å². The molecule has 0 aliphatic carbocycles. The summed E-state index contributed by atoms with van der Waals surface area (Å²) in [5.41, 5.74) is 1.00. The van der Waals surface area contributed by atoms with Crippen LogP contribution in [0.15, 0.2) is 30.3 Å². The van der Waals surface area contributed by atoms with Crippen LogP contribution in [0, 0.1) is 0 Å². The number of nitrogens with one attached hydrogen (secondary N) is 1. The topological polar surface area (TPSA) is 46.2 Å². The number of carbonyl (C=O) groups excluding carboxylic acids is 2. The molecule has 1 rings (SSSR count). The van der Waals surface area contributed by atoms with Crippen molar-refractivity contribution in [2.75, 3.05) is 5.88 Å². The fraction of sp³-hybridized carbons (Fsp3) is 0.385. The van der Waals surface area contributed by atoms with Crippen LogP contribution in [0.5, 0.6) is 0 Å². The van der Waals surface area contributed by atoms with Crippen molar-refractivity contribution < 1.29 is 9.59 Å². The summed E-state index contributed by atoms with van der Waals surface area (Å²) in [4.78, 5) is 22.3. The standard InChI is InChI=1S/C13H16ClNO2/c1-10(16)15-13(8-7-12(17)9-14)11-5-3-2-4-6-11/h2-6,13H,7-9H2,1H3,(H,15,16). The molecule has 0 bridgehead atoms. The van der Waals surface area contributed by atoms with Crippen molar-refractivity contribution in [2.45, 2.75) is 25.8 Å². The molecule has 1 N–H and O–H groups in total. The predicted octanol–water partition coefficient (Wildman–Crippen LogP) is 2.45. The largest absolute Gasteiger partial charge is 0.350 e. The molecule has 0 aliphatic rings. The SMILES string of the molecule is CC(=O)NC(CCC(=O)CCl)c1ccccc1. The van der Waals surface area contributed by atoms with Crippen molar-refractivity contribution in [1.82, 2.24) is 5.32 Å². The highest BCUT2D eigenvalue weighted by Crippen LogP contribution is 2.18. The number of benzene rings is 1. The number of alkyl halides is 1. The number of halogens is 1. The first-order chi connectivity index (χ1) is 8.13. The number of hydrogen-bond donors (Lipinski definition) is 1. The summed E-state index contributed by atoms with van der Waals surface area (Å²) in [6.07, 6.45) is 0.957. The number of carbonyl (C=O) groups is 2. The molecule has 0 saturated carbocycles. The Kier molecular flexibility index (Phi) is 5.70. The van der Waals surface area contributed by atoms with Crippen molar-refractivity contribution in [3.63, 3.8) is 0 Å². The molecule has 0 spiro atoms. The Morgan fingerprint density at radius 1 is 1.29 bits per heavy atom. The van der Waals surface area contributed by atoms with Gasteiger partial charge in [-0.3, -0.25) is 9.59 Å². The van der Waals surface area contributed by atoms with Gasteiger partial charge in [0.25, 0.3) is 0 Å². The Morgan fingerprint density at radius 2 is 1.94 bits per heavy atom. The Labute approximate surface area is 106 Å². The molecule has 0 aliphatic heterocycles. The van der Waals surface area contributed by atoms with Crippen molar-refractivity contribution in [1.29, 1.82) is 0 Å². The van der Waals surface area contributed by atoms with E-state index in [1.165, 1.54) is 6.92 Å². The van der Waals surface area contributed by atoms with Gasteiger partial charge in [0.05, 0.1) is 11.9 Å². The lowest BCUT2D eigenvalue weighted by Crippen LogP contribution is -2.26. The molecule has 1 unspecified atom stereocenters. The van der Waals surface area contributed by atoms with Crippen LogP contribution >= 0.6 is 11.6 Å². The number of amides is 1. The Bertz CT molecular complexity index is 378. The summed E-state index contributed by atoms with van der Waals surface area (Å²) >= 11 is 5.45. The van der Waals surface area contributed by atoms with E-state index in [-0.39, 0.29) is 23.6 Å². The molecule has 0 radical (unpaired) electrons. The van der Waals surface area contributed by atoms with Crippen molar-refractivity contribution in [3.8, 4) is 0 Å². The van der Waals surface area contributed by atoms with Gasteiger partial charge in [0.1, 0.15) is 5.78 Å². The maximum absolute atomic E-state index is 11.2. The van der Waals surface area contributed by atoms with Gasteiger partial charge < -0.3 is 5.32 Å². The number of rotatable bonds is 6. The highest BCUT2D eigenvalue weighted by Gasteiger charge is 2.13. The first-order valence-corrected chi connectivity index (χ1v) is 6.06. The van der Waals surface area contributed by atoms with E-state index in [0.717, 1.165) is 5.56 Å². The van der Waals surface area contributed by atoms with Crippen molar-refractivity contribution in [3.05, 3.63) is 35.9 Å². The molecule has 17 heavy (non-hydrogen) atoms. The van der Waals surface area contributed by atoms with Crippen LogP contribution in [-0.2, 0) is 9.59 Å². The zero-order valence-corrected chi connectivity index (χ0v) is 10.5. The summed E-state index contributed by atoms with van der Waals surface area (Å²) in [5.74, 6) is -0.0724. The summed E-state index contributed by atoms with van der Waals surface area (Å²) in [5, 5.41) is 2.84. The molecular formula is C13H16ClNO2. The minimum atomic E-state index is -0.124. The maximum Gasteiger partial charge on any atom is 0.217 e. The van der Waals surface area contributed by atoms with E-state index in [2.05, 4.69) is 5.32 Å². The molecular weight excluding hydrogens is 238 g/mol. The summed E-state index contributed by atoms with van der Waals surface area (Å²) in [7, 11) is 0. The minimum Gasteiger partial charge on any atom is -0.350 e. The zero-order chi connectivity index (χ0) is 12.7. The fourth-order valence-electron chi connectivity index (χ4n) is 1.63. The first kappa shape index (κ1) is 13.7. The molecule has 1 aromatic carbocycles. The molecule has 1 amide bonds. The fourth-order valence-corrected chi connectivity index (χ4v) is 1.76. The molecule has 1 aromatic rings. The third-order valence-corrected chi connectivity index (χ3v) is 2.74. The van der Waals surface area contributed by atoms with Crippen molar-refractivity contribution in [2.24, 2.45) is 0 Å². The first-order valence-electron chi connectivity index (χ1n) is 5.53. The van der Waals surface area contributed by atoms with E-state index in [4.69, 9.17) is 11.6 Å². The molecule has 0 aromatic heterocycles. The van der Waals surface area contributed by atoms with Gasteiger partial charge in [-0.25, -0.2) is 0 Å². The Morgan fingerprint density at radius 3 is 2.47 bits per heavy atom. The number of ketones is 1. The normalized spacial score (nSPS) is 11.9. The molecule has 1 atom stereocenters. The van der Waals surface area contributed by atoms with Gasteiger partial charge in [-0.1, -0.05) is 30.3 Å². The second-order valence-electron chi connectivity index (χ2n) is 3.87. The second kappa shape index (κ2) is 7.07. The second-order valence-corrected chi connectivity index (χ2v) is 4.14. The highest BCUT2D eigenvalue weighted by atomic mass is 35.5. The minimum absolute atomic E-state index is 0.00190. The monoisotopic (exact) mass is 253 g/mol. The molecule has 0 fully saturated rings. The Hall–Kier alpha value is -1.35. The average molecular weight is 254 g/mol. The van der Waals surface area contributed by atoms with Crippen LogP contribution in [0.4, 0.5) is 0 Å². The van der Waals surface area contributed by atoms with E-state index >= 15 is 0 Å². The number of Topliss-reactive ketones (excluding diaryl/α,β-unsaturated/α-hetero) is 1. The molecule has 4 heteroatoms. The summed E-state index contributed by atoms with van der Waals surface area (Å²) < 4.78 is 0. The zero-order valence-electron chi connectivity index (χ0n) is 9.78. The van der Waals surface area contributed by atoms with Gasteiger partial charge >= 0.3 is 0 Å². The van der Waals surface area contributed by atoms with E-state index in [0.29, 0.717) is 12.8 Å². The van der Waals surface area contributed by atoms with Gasteiger partial charge in [-0.2, -0.15) is 0 Å². The maximum atomic E-state index is 11.2. The molecule has 3 nitrogen and oxygen atoms in total. The average Bonchev–Trinajstić information content (AvgIpc) is 2.34. The summed E-state index contributed by atoms with van der Waals surface area (Å²) in [6, 6.07) is 9.48. The van der Waals surface area contributed by atoms with Crippen LogP contribution in [0.1, 0.15) is 31.4 Å². The number of hydrogen-bond acceptors (Lipinski definition) is 2. The predicted molar refractivity (Wildman–Crippen MR) is 68.0 cm³/mol. The van der Waals surface area contributed by atoms with Crippen molar-refractivity contribution >= 4 is 23.3 Å². The van der Waals surface area contributed by atoms with Gasteiger partial charge in [0, 0.05) is 13.3 Å². The van der Waals surface area contributed by atoms with Gasteiger partial charge in [-0.15, -0.1) is 11.6 Å². The molecule has 0 heterocycles. The lowest BCUT2D eigenvalue weighted by Gasteiger charge is -2.17. The van der Waals surface area contributed by atoms with E-state index in [1.54, 1.807) is 0 Å². The smallest absolute Gasteiger partial charge is 0.217 e. The molecule has 0 saturated heterocycles. The van der Waals surface area contributed by atoms with Gasteiger partial charge in [0.2, 0.25) is 5.91 Å². The van der Waals surface area contributed by atoms with E-state index < -0.39 is 0 Å². The molecule has 92 valence electrons. The lowest BCUT2D eigenvalue weighted by molar-refractivity contribution is -0.120. The third-order valence-electron chi connectivity index (χ3n) is 2.44. The van der Waals surface area contributed by atoms with Crippen LogP contribution in [0.2, 0.25) is 0 Å². The van der Waals surface area contributed by atoms with Crippen LogP contribution in [0.3, 0.4) is 0 Å². The third kappa shape index (κ3) is 5.00. The van der Waals surface area contributed by atoms with Gasteiger partial charge in [0.15, 0.2) is 0 Å².